The molecule has 0 bridgehead atoms. The third kappa shape index (κ3) is 4.81. The smallest absolute Gasteiger partial charge is 0.314 e. The summed E-state index contributed by atoms with van der Waals surface area (Å²) in [5.74, 6) is -0.582. The molecule has 1 unspecified atom stereocenters. The average molecular weight is 482 g/mol. The molecule has 0 saturated heterocycles. The molecule has 0 amide bonds. The SMILES string of the molecule is COC(=O)CC(NS(=O)(=O)c1ccc2[nH]c(=O)c(=O)[nH]c2c1)c1ccc(Br)cc1. The Morgan fingerprint density at radius 2 is 1.69 bits per heavy atom. The molecule has 29 heavy (non-hydrogen) atoms. The van der Waals surface area contributed by atoms with Crippen molar-refractivity contribution in [2.45, 2.75) is 17.4 Å². The number of carbonyl (C=O) groups excluding carboxylic acids is 1. The third-order valence-corrected chi connectivity index (χ3v) is 6.17. The molecule has 3 rings (SSSR count). The fourth-order valence-electron chi connectivity index (χ4n) is 2.69. The van der Waals surface area contributed by atoms with Crippen LogP contribution in [0.4, 0.5) is 0 Å². The van der Waals surface area contributed by atoms with Crippen LogP contribution in [0.15, 0.2) is 61.4 Å². The second-order valence-corrected chi connectivity index (χ2v) is 8.75. The lowest BCUT2D eigenvalue weighted by Crippen LogP contribution is -2.31. The number of esters is 1. The third-order valence-electron chi connectivity index (χ3n) is 4.17. The number of hydrogen-bond acceptors (Lipinski definition) is 6. The summed E-state index contributed by atoms with van der Waals surface area (Å²) in [5, 5.41) is 0. The number of methoxy groups -OCH3 is 1. The summed E-state index contributed by atoms with van der Waals surface area (Å²) in [6.45, 7) is 0. The van der Waals surface area contributed by atoms with Crippen LogP contribution in [0.2, 0.25) is 0 Å². The Morgan fingerprint density at radius 3 is 2.31 bits per heavy atom. The predicted molar refractivity (Wildman–Crippen MR) is 109 cm³/mol. The molecule has 0 fully saturated rings. The molecule has 1 atom stereocenters. The molecule has 11 heteroatoms. The lowest BCUT2D eigenvalue weighted by Gasteiger charge is -2.18. The van der Waals surface area contributed by atoms with Gasteiger partial charge in [-0.15, -0.1) is 0 Å². The Balaban J connectivity index is 1.99. The Morgan fingerprint density at radius 1 is 1.07 bits per heavy atom. The molecule has 0 saturated carbocycles. The minimum Gasteiger partial charge on any atom is -0.469 e. The van der Waals surface area contributed by atoms with Crippen molar-refractivity contribution >= 4 is 43.0 Å². The van der Waals surface area contributed by atoms with Crippen LogP contribution < -0.4 is 15.8 Å². The van der Waals surface area contributed by atoms with Gasteiger partial charge in [-0.25, -0.2) is 13.1 Å². The second-order valence-electron chi connectivity index (χ2n) is 6.12. The van der Waals surface area contributed by atoms with E-state index in [0.29, 0.717) is 5.56 Å². The van der Waals surface area contributed by atoms with Gasteiger partial charge in [-0.05, 0) is 35.9 Å². The fraction of sp³-hybridized carbons (Fsp3) is 0.167. The molecular formula is C18H16BrN3O6S. The number of ether oxygens (including phenoxy) is 1. The van der Waals surface area contributed by atoms with Crippen molar-refractivity contribution in [2.24, 2.45) is 0 Å². The minimum absolute atomic E-state index is 0.139. The van der Waals surface area contributed by atoms with Crippen LogP contribution in [-0.2, 0) is 19.6 Å². The van der Waals surface area contributed by atoms with E-state index in [1.54, 1.807) is 24.3 Å². The van der Waals surface area contributed by atoms with Crippen molar-refractivity contribution in [3.63, 3.8) is 0 Å². The van der Waals surface area contributed by atoms with Gasteiger partial charge in [-0.3, -0.25) is 14.4 Å². The lowest BCUT2D eigenvalue weighted by molar-refractivity contribution is -0.141. The van der Waals surface area contributed by atoms with Crippen molar-refractivity contribution in [3.8, 4) is 0 Å². The number of benzene rings is 2. The van der Waals surface area contributed by atoms with Gasteiger partial charge in [0, 0.05) is 4.47 Å². The average Bonchev–Trinajstić information content (AvgIpc) is 2.68. The highest BCUT2D eigenvalue weighted by Crippen LogP contribution is 2.23. The first-order valence-electron chi connectivity index (χ1n) is 8.30. The van der Waals surface area contributed by atoms with Gasteiger partial charge in [0.05, 0.1) is 35.5 Å². The molecule has 152 valence electrons. The van der Waals surface area contributed by atoms with Crippen molar-refractivity contribution in [1.29, 1.82) is 0 Å². The van der Waals surface area contributed by atoms with E-state index >= 15 is 0 Å². The zero-order valence-electron chi connectivity index (χ0n) is 15.1. The predicted octanol–water partition coefficient (Wildman–Crippen LogP) is 1.56. The normalized spacial score (nSPS) is 12.6. The van der Waals surface area contributed by atoms with Gasteiger partial charge in [-0.2, -0.15) is 0 Å². The molecule has 2 aromatic carbocycles. The number of hydrogen-bond donors (Lipinski definition) is 3. The largest absolute Gasteiger partial charge is 0.469 e. The van der Waals surface area contributed by atoms with Crippen LogP contribution in [0.3, 0.4) is 0 Å². The first-order valence-corrected chi connectivity index (χ1v) is 10.6. The number of carbonyl (C=O) groups is 1. The number of H-pyrrole nitrogens is 2. The van der Waals surface area contributed by atoms with E-state index in [2.05, 4.69) is 35.4 Å². The van der Waals surface area contributed by atoms with Gasteiger partial charge in [0.2, 0.25) is 10.0 Å². The molecule has 0 aliphatic heterocycles. The monoisotopic (exact) mass is 481 g/mol. The number of rotatable bonds is 6. The molecule has 0 aliphatic carbocycles. The number of aromatic nitrogens is 2. The highest BCUT2D eigenvalue weighted by molar-refractivity contribution is 9.10. The molecule has 1 aromatic heterocycles. The number of sulfonamides is 1. The fourth-order valence-corrected chi connectivity index (χ4v) is 4.20. The van der Waals surface area contributed by atoms with E-state index in [9.17, 15) is 22.8 Å². The van der Waals surface area contributed by atoms with Gasteiger partial charge in [0.15, 0.2) is 0 Å². The summed E-state index contributed by atoms with van der Waals surface area (Å²) in [4.78, 5) is 39.3. The Bertz CT molecular complexity index is 1280. The Kier molecular flexibility index (Phi) is 6.01. The zero-order valence-corrected chi connectivity index (χ0v) is 17.5. The van der Waals surface area contributed by atoms with Gasteiger partial charge in [0.25, 0.3) is 0 Å². The summed E-state index contributed by atoms with van der Waals surface area (Å²) < 4.78 is 33.8. The molecule has 0 radical (unpaired) electrons. The first kappa shape index (κ1) is 21.0. The van der Waals surface area contributed by atoms with Crippen molar-refractivity contribution in [1.82, 2.24) is 14.7 Å². The van der Waals surface area contributed by atoms with Crippen molar-refractivity contribution in [3.05, 3.63) is 73.2 Å². The Labute approximate surface area is 173 Å². The van der Waals surface area contributed by atoms with Crippen molar-refractivity contribution in [2.75, 3.05) is 7.11 Å². The van der Waals surface area contributed by atoms with Gasteiger partial charge in [-0.1, -0.05) is 28.1 Å². The summed E-state index contributed by atoms with van der Waals surface area (Å²) >= 11 is 3.31. The summed E-state index contributed by atoms with van der Waals surface area (Å²) in [6.07, 6.45) is -0.213. The number of aromatic amines is 2. The second kappa shape index (κ2) is 8.31. The molecular weight excluding hydrogens is 466 g/mol. The van der Waals surface area contributed by atoms with Crippen LogP contribution in [0.5, 0.6) is 0 Å². The van der Waals surface area contributed by atoms with E-state index in [1.165, 1.54) is 25.3 Å². The standard InChI is InChI=1S/C18H16BrN3O6S/c1-28-16(23)9-14(10-2-4-11(19)5-3-10)22-29(26,27)12-6-7-13-15(8-12)21-18(25)17(24)20-13/h2-8,14,22H,9H2,1H3,(H,20,24)(H,21,25). The molecule has 0 spiro atoms. The van der Waals surface area contributed by atoms with E-state index in [4.69, 9.17) is 0 Å². The van der Waals surface area contributed by atoms with Crippen molar-refractivity contribution < 1.29 is 17.9 Å². The molecule has 3 aromatic rings. The number of nitrogens with one attached hydrogen (secondary N) is 3. The van der Waals surface area contributed by atoms with E-state index in [1.807, 2.05) is 0 Å². The van der Waals surface area contributed by atoms with Crippen LogP contribution in [0, 0.1) is 0 Å². The first-order chi connectivity index (χ1) is 13.7. The quantitative estimate of drug-likeness (QED) is 0.360. The maximum Gasteiger partial charge on any atom is 0.314 e. The maximum absolute atomic E-state index is 12.9. The molecule has 3 N–H and O–H groups in total. The van der Waals surface area contributed by atoms with E-state index < -0.39 is 33.2 Å². The van der Waals surface area contributed by atoms with Crippen LogP contribution >= 0.6 is 15.9 Å². The summed E-state index contributed by atoms with van der Waals surface area (Å²) in [5.41, 5.74) is -0.711. The van der Waals surface area contributed by atoms with Crippen LogP contribution in [0.1, 0.15) is 18.0 Å². The van der Waals surface area contributed by atoms with Gasteiger partial charge in [0.1, 0.15) is 0 Å². The van der Waals surface area contributed by atoms with Gasteiger partial charge < -0.3 is 14.7 Å². The number of halogens is 1. The highest BCUT2D eigenvalue weighted by Gasteiger charge is 2.24. The maximum atomic E-state index is 12.9. The van der Waals surface area contributed by atoms with Crippen LogP contribution in [-0.4, -0.2) is 31.5 Å². The highest BCUT2D eigenvalue weighted by atomic mass is 79.9. The van der Waals surface area contributed by atoms with Gasteiger partial charge >= 0.3 is 17.1 Å². The Hall–Kier alpha value is -2.76. The number of fused-ring (bicyclic) bond motifs is 1. The van der Waals surface area contributed by atoms with E-state index in [-0.39, 0.29) is 22.3 Å². The summed E-state index contributed by atoms with van der Waals surface area (Å²) in [6, 6.07) is 9.84. The zero-order chi connectivity index (χ0) is 21.2. The van der Waals surface area contributed by atoms with Crippen LogP contribution in [0.25, 0.3) is 11.0 Å². The minimum atomic E-state index is -4.07. The summed E-state index contributed by atoms with van der Waals surface area (Å²) in [7, 11) is -2.85. The lowest BCUT2D eigenvalue weighted by atomic mass is 10.1. The molecule has 9 nitrogen and oxygen atoms in total. The van der Waals surface area contributed by atoms with E-state index in [0.717, 1.165) is 4.47 Å². The topological polar surface area (TPSA) is 138 Å². The molecule has 0 aliphatic rings. The molecule has 1 heterocycles.